The molecule has 9 nitrogen and oxygen atoms in total. The number of hydrogen-bond acceptors (Lipinski definition) is 7. The molecular weight excluding hydrogens is 500 g/mol. The van der Waals surface area contributed by atoms with Crippen molar-refractivity contribution in [2.45, 2.75) is 32.7 Å². The summed E-state index contributed by atoms with van der Waals surface area (Å²) in [5.41, 5.74) is 6.67. The molecule has 0 radical (unpaired) electrons. The Kier molecular flexibility index (Phi) is 6.79. The summed E-state index contributed by atoms with van der Waals surface area (Å²) in [4.78, 5) is 34.4. The van der Waals surface area contributed by atoms with Gasteiger partial charge in [0, 0.05) is 43.8 Å². The van der Waals surface area contributed by atoms with Crippen LogP contribution in [0.25, 0.3) is 21.9 Å². The van der Waals surface area contributed by atoms with Crippen molar-refractivity contribution in [2.75, 3.05) is 29.9 Å². The molecule has 1 aromatic carbocycles. The average Bonchev–Trinajstić information content (AvgIpc) is 3.33. The van der Waals surface area contributed by atoms with Gasteiger partial charge in [-0.05, 0) is 68.5 Å². The van der Waals surface area contributed by atoms with E-state index in [1.54, 1.807) is 12.5 Å². The number of aromatic nitrogens is 5. The van der Waals surface area contributed by atoms with Gasteiger partial charge in [-0.2, -0.15) is 0 Å². The fourth-order valence-electron chi connectivity index (χ4n) is 5.77. The van der Waals surface area contributed by atoms with E-state index in [0.717, 1.165) is 52.1 Å². The molecule has 0 spiro atoms. The third-order valence-electron chi connectivity index (χ3n) is 8.10. The number of fused-ring (bicyclic) bond motifs is 2. The molecule has 6 rings (SSSR count). The smallest absolute Gasteiger partial charge is 0.246 e. The number of aryl methyl sites for hydroxylation is 1. The molecule has 2 aliphatic rings. The van der Waals surface area contributed by atoms with Gasteiger partial charge in [0.05, 0.1) is 29.1 Å². The van der Waals surface area contributed by atoms with Gasteiger partial charge in [0.2, 0.25) is 5.91 Å². The molecule has 1 N–H and O–H groups in total. The molecule has 2 unspecified atom stereocenters. The molecule has 9 heteroatoms. The first-order valence-corrected chi connectivity index (χ1v) is 13.7. The van der Waals surface area contributed by atoms with Crippen molar-refractivity contribution in [1.29, 1.82) is 0 Å². The van der Waals surface area contributed by atoms with Crippen LogP contribution < -0.4 is 10.2 Å². The fourth-order valence-corrected chi connectivity index (χ4v) is 5.77. The van der Waals surface area contributed by atoms with E-state index in [1.807, 2.05) is 18.3 Å². The number of anilines is 2. The Morgan fingerprint density at radius 1 is 1.15 bits per heavy atom. The number of nitrogens with zero attached hydrogens (tertiary/aromatic N) is 7. The molecule has 204 valence electrons. The quantitative estimate of drug-likeness (QED) is 0.360. The van der Waals surface area contributed by atoms with E-state index >= 15 is 0 Å². The molecule has 0 bridgehead atoms. The molecule has 1 saturated heterocycles. The zero-order valence-corrected chi connectivity index (χ0v) is 23.2. The van der Waals surface area contributed by atoms with E-state index < -0.39 is 0 Å². The Balaban J connectivity index is 1.18. The van der Waals surface area contributed by atoms with Crippen LogP contribution in [-0.2, 0) is 18.3 Å². The van der Waals surface area contributed by atoms with Gasteiger partial charge in [-0.15, -0.1) is 0 Å². The average molecular weight is 535 g/mol. The van der Waals surface area contributed by atoms with Crippen LogP contribution in [0.4, 0.5) is 11.6 Å². The lowest BCUT2D eigenvalue weighted by molar-refractivity contribution is -0.126. The largest absolute Gasteiger partial charge is 0.350 e. The summed E-state index contributed by atoms with van der Waals surface area (Å²) in [6.45, 7) is 9.91. The van der Waals surface area contributed by atoms with Gasteiger partial charge in [-0.3, -0.25) is 4.79 Å². The number of carbonyl (C=O) groups is 1. The Labute approximate surface area is 234 Å². The minimum absolute atomic E-state index is 0.0292. The van der Waals surface area contributed by atoms with E-state index in [1.165, 1.54) is 17.2 Å². The number of hydrogen-bond donors (Lipinski definition) is 1. The first kappa shape index (κ1) is 25.7. The highest BCUT2D eigenvalue weighted by Gasteiger charge is 2.27. The Hall–Kier alpha value is -4.53. The summed E-state index contributed by atoms with van der Waals surface area (Å²) in [5.74, 6) is 2.03. The van der Waals surface area contributed by atoms with Gasteiger partial charge in [0.25, 0.3) is 0 Å². The fraction of sp³-hybridized carbons (Fsp3) is 0.323. The predicted octanol–water partition coefficient (Wildman–Crippen LogP) is 4.64. The molecular formula is C31H34N8O. The minimum atomic E-state index is -0.0292. The van der Waals surface area contributed by atoms with Gasteiger partial charge in [0.1, 0.15) is 18.0 Å². The summed E-state index contributed by atoms with van der Waals surface area (Å²) in [7, 11) is 2.02. The van der Waals surface area contributed by atoms with E-state index in [4.69, 9.17) is 4.98 Å². The van der Waals surface area contributed by atoms with Crippen molar-refractivity contribution in [1.82, 2.24) is 29.4 Å². The highest BCUT2D eigenvalue weighted by atomic mass is 16.2. The zero-order chi connectivity index (χ0) is 27.8. The number of piperazine rings is 1. The van der Waals surface area contributed by atoms with Gasteiger partial charge >= 0.3 is 0 Å². The Bertz CT molecular complexity index is 1670. The van der Waals surface area contributed by atoms with Crippen LogP contribution in [0.3, 0.4) is 0 Å². The van der Waals surface area contributed by atoms with Crippen molar-refractivity contribution in [3.8, 4) is 0 Å². The molecule has 40 heavy (non-hydrogen) atoms. The lowest BCUT2D eigenvalue weighted by Crippen LogP contribution is -2.53. The summed E-state index contributed by atoms with van der Waals surface area (Å²) >= 11 is 0. The third-order valence-corrected chi connectivity index (χ3v) is 8.10. The van der Waals surface area contributed by atoms with Crippen molar-refractivity contribution >= 4 is 39.5 Å². The molecule has 0 saturated carbocycles. The number of benzene rings is 1. The van der Waals surface area contributed by atoms with Crippen LogP contribution in [0.5, 0.6) is 0 Å². The molecule has 4 aromatic rings. The highest BCUT2D eigenvalue weighted by Crippen LogP contribution is 2.31. The van der Waals surface area contributed by atoms with Gasteiger partial charge in [-0.25, -0.2) is 19.9 Å². The zero-order valence-electron chi connectivity index (χ0n) is 23.2. The summed E-state index contributed by atoms with van der Waals surface area (Å²) < 4.78 is 2.05. The van der Waals surface area contributed by atoms with Crippen molar-refractivity contribution < 1.29 is 4.79 Å². The summed E-state index contributed by atoms with van der Waals surface area (Å²) in [5, 5.41) is 4.47. The number of pyridine rings is 1. The van der Waals surface area contributed by atoms with Crippen LogP contribution in [0, 0.1) is 5.92 Å². The van der Waals surface area contributed by atoms with Gasteiger partial charge in [-0.1, -0.05) is 24.3 Å². The second-order valence-corrected chi connectivity index (χ2v) is 10.8. The maximum atomic E-state index is 12.1. The molecule has 1 fully saturated rings. The number of amides is 1. The number of allylic oxidation sites excluding steroid dienone is 3. The van der Waals surface area contributed by atoms with Crippen LogP contribution in [0.15, 0.2) is 79.2 Å². The number of carbonyl (C=O) groups excluding carboxylic acids is 1. The van der Waals surface area contributed by atoms with Crippen molar-refractivity contribution in [3.05, 3.63) is 84.8 Å². The summed E-state index contributed by atoms with van der Waals surface area (Å²) in [6.07, 6.45) is 13.0. The first-order chi connectivity index (χ1) is 19.4. The van der Waals surface area contributed by atoms with Crippen LogP contribution in [0.1, 0.15) is 25.8 Å². The SMILES string of the molecule is C=CC(=O)N1CCN(c2cc3c(NC4=CCC(Cc5ccc6c(c5)ncn6C)C(C)=C4)ncnc3cn2)C(C)C1. The third kappa shape index (κ3) is 4.95. The van der Waals surface area contributed by atoms with Crippen LogP contribution in [0.2, 0.25) is 0 Å². The van der Waals surface area contributed by atoms with E-state index in [9.17, 15) is 4.79 Å². The molecule has 1 aliphatic heterocycles. The van der Waals surface area contributed by atoms with Crippen molar-refractivity contribution in [2.24, 2.45) is 13.0 Å². The minimum Gasteiger partial charge on any atom is -0.350 e. The second-order valence-electron chi connectivity index (χ2n) is 10.8. The van der Waals surface area contributed by atoms with Crippen LogP contribution >= 0.6 is 0 Å². The molecule has 3 aromatic heterocycles. The maximum Gasteiger partial charge on any atom is 0.246 e. The van der Waals surface area contributed by atoms with E-state index in [-0.39, 0.29) is 11.9 Å². The monoisotopic (exact) mass is 534 g/mol. The highest BCUT2D eigenvalue weighted by molar-refractivity contribution is 5.91. The topological polar surface area (TPSA) is 92.1 Å². The van der Waals surface area contributed by atoms with Crippen LogP contribution in [-0.4, -0.2) is 61.0 Å². The Morgan fingerprint density at radius 3 is 2.83 bits per heavy atom. The van der Waals surface area contributed by atoms with Gasteiger partial charge in [0.15, 0.2) is 0 Å². The van der Waals surface area contributed by atoms with E-state index in [2.05, 4.69) is 86.6 Å². The maximum absolute atomic E-state index is 12.1. The predicted molar refractivity (Wildman–Crippen MR) is 159 cm³/mol. The first-order valence-electron chi connectivity index (χ1n) is 13.7. The molecule has 1 aliphatic carbocycles. The standard InChI is InChI=1S/C31H34N8O/c1-5-30(40)38-10-11-39(21(3)17-38)29-15-25-27(16-32-29)33-18-34-31(25)36-24-8-7-23(20(2)12-24)13-22-6-9-28-26(14-22)35-19-37(28)4/h5-6,8-9,12,14-16,18-19,21,23H,1,7,10-11,13,17H2,2-4H3,(H,33,34,36). The lowest BCUT2D eigenvalue weighted by atomic mass is 9.86. The summed E-state index contributed by atoms with van der Waals surface area (Å²) in [6, 6.07) is 8.76. The number of nitrogens with one attached hydrogen (secondary N) is 1. The molecule has 4 heterocycles. The van der Waals surface area contributed by atoms with E-state index in [0.29, 0.717) is 25.6 Å². The van der Waals surface area contributed by atoms with Gasteiger partial charge < -0.3 is 19.7 Å². The Morgan fingerprint density at radius 2 is 2.02 bits per heavy atom. The second kappa shape index (κ2) is 10.6. The molecule has 1 amide bonds. The van der Waals surface area contributed by atoms with Crippen molar-refractivity contribution in [3.63, 3.8) is 0 Å². The molecule has 2 atom stereocenters. The number of imidazole rings is 1. The number of rotatable bonds is 6. The lowest BCUT2D eigenvalue weighted by Gasteiger charge is -2.40. The normalized spacial score (nSPS) is 19.5.